The Morgan fingerprint density at radius 3 is 2.42 bits per heavy atom. The summed E-state index contributed by atoms with van der Waals surface area (Å²) >= 11 is 0. The maximum absolute atomic E-state index is 9.81. The number of rotatable bonds is 2. The fraction of sp³-hybridized carbons (Fsp3) is 0.857. The van der Waals surface area contributed by atoms with Crippen LogP contribution in [0.5, 0.6) is 0 Å². The second-order valence-corrected chi connectivity index (χ2v) is 6.94. The maximum Gasteiger partial charge on any atom is 0.240 e. The van der Waals surface area contributed by atoms with Gasteiger partial charge in [0.1, 0.15) is 0 Å². The third-order valence-electron chi connectivity index (χ3n) is 4.32. The van der Waals surface area contributed by atoms with E-state index in [2.05, 4.69) is 35.8 Å². The number of nitrogens with zero attached hydrogens (tertiary/aromatic N) is 3. The van der Waals surface area contributed by atoms with Crippen molar-refractivity contribution in [3.8, 4) is 0 Å². The number of hydrogen-bond acceptors (Lipinski definition) is 5. The first-order valence-corrected chi connectivity index (χ1v) is 7.20. The molecule has 5 heteroatoms. The highest BCUT2D eigenvalue weighted by atomic mass is 16.5. The van der Waals surface area contributed by atoms with Gasteiger partial charge in [0, 0.05) is 17.5 Å². The quantitative estimate of drug-likeness (QED) is 0.884. The first-order valence-electron chi connectivity index (χ1n) is 7.20. The molecule has 1 aromatic rings. The van der Waals surface area contributed by atoms with E-state index in [-0.39, 0.29) is 11.5 Å². The number of aliphatic hydroxyl groups is 1. The molecule has 2 atom stereocenters. The summed E-state index contributed by atoms with van der Waals surface area (Å²) in [7, 11) is 0. The minimum absolute atomic E-state index is 0.0706. The van der Waals surface area contributed by atoms with Crippen molar-refractivity contribution in [1.82, 2.24) is 15.0 Å². The van der Waals surface area contributed by atoms with E-state index >= 15 is 0 Å². The first kappa shape index (κ1) is 13.1. The zero-order valence-electron chi connectivity index (χ0n) is 12.0. The van der Waals surface area contributed by atoms with Crippen LogP contribution in [0.1, 0.15) is 58.2 Å². The van der Waals surface area contributed by atoms with Crippen molar-refractivity contribution in [3.63, 3.8) is 0 Å². The van der Waals surface area contributed by atoms with E-state index < -0.39 is 0 Å². The summed E-state index contributed by atoms with van der Waals surface area (Å²) in [5.41, 5.74) is -0.0706. The normalized spacial score (nSPS) is 31.9. The van der Waals surface area contributed by atoms with Crippen LogP contribution in [-0.4, -0.2) is 38.3 Å². The molecule has 2 fully saturated rings. The van der Waals surface area contributed by atoms with Crippen molar-refractivity contribution >= 4 is 0 Å². The lowest BCUT2D eigenvalue weighted by Gasteiger charge is -2.36. The fourth-order valence-electron chi connectivity index (χ4n) is 3.28. The Hall–Kier alpha value is -0.940. The molecule has 1 N–H and O–H groups in total. The second-order valence-electron chi connectivity index (χ2n) is 6.94. The SMILES string of the molecule is CC(C)(C)c1noc(CN2C3CCC2CC(O)C3)n1. The largest absolute Gasteiger partial charge is 0.393 e. The van der Waals surface area contributed by atoms with Crippen LogP contribution in [0.25, 0.3) is 0 Å². The number of aromatic nitrogens is 2. The average Bonchev–Trinajstić information content (AvgIpc) is 2.85. The lowest BCUT2D eigenvalue weighted by Crippen LogP contribution is -2.44. The lowest BCUT2D eigenvalue weighted by atomic mass is 9.96. The van der Waals surface area contributed by atoms with Crippen molar-refractivity contribution in [1.29, 1.82) is 0 Å². The predicted molar refractivity (Wildman–Crippen MR) is 70.6 cm³/mol. The molecule has 2 aliphatic heterocycles. The number of hydrogen-bond donors (Lipinski definition) is 1. The standard InChI is InChI=1S/C14H23N3O2/c1-14(2,3)13-15-12(19-16-13)8-17-9-4-5-10(17)7-11(18)6-9/h9-11,18H,4-8H2,1-3H3. The third kappa shape index (κ3) is 2.54. The molecule has 2 bridgehead atoms. The zero-order valence-corrected chi connectivity index (χ0v) is 12.0. The van der Waals surface area contributed by atoms with Gasteiger partial charge in [-0.05, 0) is 25.7 Å². The number of piperidine rings is 1. The van der Waals surface area contributed by atoms with Crippen LogP contribution < -0.4 is 0 Å². The Morgan fingerprint density at radius 1 is 1.26 bits per heavy atom. The Balaban J connectivity index is 1.71. The molecule has 0 aliphatic carbocycles. The van der Waals surface area contributed by atoms with E-state index in [1.807, 2.05) is 0 Å². The van der Waals surface area contributed by atoms with Gasteiger partial charge in [-0.3, -0.25) is 4.90 Å². The van der Waals surface area contributed by atoms with Crippen LogP contribution in [0.15, 0.2) is 4.52 Å². The molecule has 2 aliphatic rings. The van der Waals surface area contributed by atoms with E-state index in [4.69, 9.17) is 4.52 Å². The molecule has 2 saturated heterocycles. The van der Waals surface area contributed by atoms with Crippen LogP contribution in [0.4, 0.5) is 0 Å². The van der Waals surface area contributed by atoms with Crippen LogP contribution in [-0.2, 0) is 12.0 Å². The van der Waals surface area contributed by atoms with Crippen molar-refractivity contribution in [2.75, 3.05) is 0 Å². The fourth-order valence-corrected chi connectivity index (χ4v) is 3.28. The van der Waals surface area contributed by atoms with Gasteiger partial charge < -0.3 is 9.63 Å². The van der Waals surface area contributed by atoms with E-state index in [1.165, 1.54) is 12.8 Å². The van der Waals surface area contributed by atoms with Gasteiger partial charge >= 0.3 is 0 Å². The Morgan fingerprint density at radius 2 is 1.89 bits per heavy atom. The topological polar surface area (TPSA) is 62.4 Å². The predicted octanol–water partition coefficient (Wildman–Crippen LogP) is 1.85. The summed E-state index contributed by atoms with van der Waals surface area (Å²) in [6.45, 7) is 6.98. The van der Waals surface area contributed by atoms with Gasteiger partial charge in [-0.15, -0.1) is 0 Å². The summed E-state index contributed by atoms with van der Waals surface area (Å²) < 4.78 is 5.38. The van der Waals surface area contributed by atoms with Crippen LogP contribution in [0.2, 0.25) is 0 Å². The monoisotopic (exact) mass is 265 g/mol. The number of aliphatic hydroxyl groups excluding tert-OH is 1. The average molecular weight is 265 g/mol. The molecule has 0 radical (unpaired) electrons. The molecule has 0 amide bonds. The van der Waals surface area contributed by atoms with Crippen molar-refractivity contribution in [2.45, 2.75) is 76.6 Å². The molecule has 106 valence electrons. The van der Waals surface area contributed by atoms with E-state index in [0.29, 0.717) is 18.0 Å². The van der Waals surface area contributed by atoms with Gasteiger partial charge in [0.2, 0.25) is 5.89 Å². The van der Waals surface area contributed by atoms with E-state index in [1.54, 1.807) is 0 Å². The zero-order chi connectivity index (χ0) is 13.6. The minimum Gasteiger partial charge on any atom is -0.393 e. The Labute approximate surface area is 114 Å². The molecule has 0 saturated carbocycles. The highest BCUT2D eigenvalue weighted by Gasteiger charge is 2.40. The van der Waals surface area contributed by atoms with Crippen LogP contribution in [0.3, 0.4) is 0 Å². The van der Waals surface area contributed by atoms with Gasteiger partial charge in [0.25, 0.3) is 0 Å². The van der Waals surface area contributed by atoms with Gasteiger partial charge in [-0.1, -0.05) is 25.9 Å². The Bertz CT molecular complexity index is 438. The van der Waals surface area contributed by atoms with Crippen molar-refractivity contribution in [2.24, 2.45) is 0 Å². The molecule has 0 spiro atoms. The lowest BCUT2D eigenvalue weighted by molar-refractivity contribution is 0.0256. The highest BCUT2D eigenvalue weighted by molar-refractivity contribution is 5.02. The summed E-state index contributed by atoms with van der Waals surface area (Å²) in [5.74, 6) is 1.48. The summed E-state index contributed by atoms with van der Waals surface area (Å²) in [4.78, 5) is 6.95. The minimum atomic E-state index is -0.124. The molecule has 5 nitrogen and oxygen atoms in total. The van der Waals surface area contributed by atoms with E-state index in [0.717, 1.165) is 25.2 Å². The Kier molecular flexibility index (Phi) is 3.14. The second kappa shape index (κ2) is 4.56. The van der Waals surface area contributed by atoms with Crippen LogP contribution in [0, 0.1) is 0 Å². The summed E-state index contributed by atoms with van der Waals surface area (Å²) in [6.07, 6.45) is 4.01. The molecule has 19 heavy (non-hydrogen) atoms. The summed E-state index contributed by atoms with van der Waals surface area (Å²) in [6, 6.07) is 0.970. The molecule has 1 aromatic heterocycles. The molecule has 2 unspecified atom stereocenters. The molecule has 3 rings (SSSR count). The van der Waals surface area contributed by atoms with Gasteiger partial charge in [0.05, 0.1) is 12.6 Å². The highest BCUT2D eigenvalue weighted by Crippen LogP contribution is 2.36. The summed E-state index contributed by atoms with van der Waals surface area (Å²) in [5, 5.41) is 13.9. The van der Waals surface area contributed by atoms with Crippen LogP contribution >= 0.6 is 0 Å². The van der Waals surface area contributed by atoms with E-state index in [9.17, 15) is 5.11 Å². The molecular weight excluding hydrogens is 242 g/mol. The molecule has 3 heterocycles. The number of fused-ring (bicyclic) bond motifs is 2. The van der Waals surface area contributed by atoms with Gasteiger partial charge in [0.15, 0.2) is 5.82 Å². The third-order valence-corrected chi connectivity index (χ3v) is 4.32. The van der Waals surface area contributed by atoms with Crippen molar-refractivity contribution in [3.05, 3.63) is 11.7 Å². The maximum atomic E-state index is 9.81. The first-order chi connectivity index (χ1) is 8.93. The molecular formula is C14H23N3O2. The smallest absolute Gasteiger partial charge is 0.240 e. The molecule has 0 aromatic carbocycles. The van der Waals surface area contributed by atoms with Gasteiger partial charge in [-0.25, -0.2) is 0 Å². The van der Waals surface area contributed by atoms with Crippen molar-refractivity contribution < 1.29 is 9.63 Å². The van der Waals surface area contributed by atoms with Gasteiger partial charge in [-0.2, -0.15) is 4.98 Å².